The first-order chi connectivity index (χ1) is 8.66. The minimum absolute atomic E-state index is 0.0814. The van der Waals surface area contributed by atoms with Gasteiger partial charge in [0.05, 0.1) is 0 Å². The van der Waals surface area contributed by atoms with Crippen molar-refractivity contribution in [3.63, 3.8) is 0 Å². The summed E-state index contributed by atoms with van der Waals surface area (Å²) in [6.45, 7) is 2.70. The Labute approximate surface area is 107 Å². The van der Waals surface area contributed by atoms with Gasteiger partial charge in [-0.05, 0) is 25.0 Å². The first-order valence-corrected chi connectivity index (χ1v) is 5.98. The molecule has 94 valence electrons. The van der Waals surface area contributed by atoms with Crippen LogP contribution in [0.2, 0.25) is 0 Å². The lowest BCUT2D eigenvalue weighted by Gasteiger charge is -2.05. The second kappa shape index (κ2) is 5.49. The lowest BCUT2D eigenvalue weighted by atomic mass is 10.1. The Balaban J connectivity index is 1.84. The maximum absolute atomic E-state index is 11.8. The molecule has 0 aliphatic rings. The molecule has 1 aromatic heterocycles. The molecule has 0 bridgehead atoms. The monoisotopic (exact) mass is 243 g/mol. The minimum Gasteiger partial charge on any atom is -0.350 e. The molecule has 0 fully saturated rings. The first-order valence-electron chi connectivity index (χ1n) is 5.98. The van der Waals surface area contributed by atoms with E-state index in [4.69, 9.17) is 0 Å². The third kappa shape index (κ3) is 2.97. The number of carbonyl (C=O) groups is 1. The smallest absolute Gasteiger partial charge is 0.269 e. The fourth-order valence-corrected chi connectivity index (χ4v) is 1.76. The van der Waals surface area contributed by atoms with Gasteiger partial charge in [0.2, 0.25) is 0 Å². The fourth-order valence-electron chi connectivity index (χ4n) is 1.76. The molecule has 1 N–H and O–H groups in total. The maximum Gasteiger partial charge on any atom is 0.269 e. The molecular formula is C14H17N3O. The van der Waals surface area contributed by atoms with Crippen LogP contribution in [-0.2, 0) is 13.5 Å². The van der Waals surface area contributed by atoms with E-state index < -0.39 is 0 Å². The molecule has 0 aliphatic heterocycles. The van der Waals surface area contributed by atoms with Gasteiger partial charge in [0.1, 0.15) is 5.69 Å². The van der Waals surface area contributed by atoms with Gasteiger partial charge in [-0.25, -0.2) is 0 Å². The normalized spacial score (nSPS) is 10.3. The van der Waals surface area contributed by atoms with Gasteiger partial charge in [-0.2, -0.15) is 5.10 Å². The van der Waals surface area contributed by atoms with Crippen molar-refractivity contribution in [1.82, 2.24) is 15.1 Å². The van der Waals surface area contributed by atoms with Crippen molar-refractivity contribution in [1.29, 1.82) is 0 Å². The van der Waals surface area contributed by atoms with Gasteiger partial charge in [-0.1, -0.05) is 29.8 Å². The molecule has 0 saturated carbocycles. The Kier molecular flexibility index (Phi) is 3.77. The predicted octanol–water partition coefficient (Wildman–Crippen LogP) is 1.70. The van der Waals surface area contributed by atoms with Gasteiger partial charge < -0.3 is 5.32 Å². The first kappa shape index (κ1) is 12.4. The molecule has 18 heavy (non-hydrogen) atoms. The number of benzene rings is 1. The largest absolute Gasteiger partial charge is 0.350 e. The van der Waals surface area contributed by atoms with E-state index in [0.717, 1.165) is 6.42 Å². The van der Waals surface area contributed by atoms with Gasteiger partial charge in [0, 0.05) is 19.8 Å². The van der Waals surface area contributed by atoms with Crippen LogP contribution >= 0.6 is 0 Å². The quantitative estimate of drug-likeness (QED) is 0.888. The molecule has 0 aliphatic carbocycles. The fraction of sp³-hybridized carbons (Fsp3) is 0.286. The third-order valence-electron chi connectivity index (χ3n) is 2.87. The number of nitrogens with one attached hydrogen (secondary N) is 1. The van der Waals surface area contributed by atoms with Gasteiger partial charge in [-0.3, -0.25) is 9.48 Å². The van der Waals surface area contributed by atoms with Crippen LogP contribution in [0.1, 0.15) is 21.6 Å². The average Bonchev–Trinajstić information content (AvgIpc) is 2.78. The Hall–Kier alpha value is -2.10. The van der Waals surface area contributed by atoms with Crippen LogP contribution in [0.3, 0.4) is 0 Å². The number of aromatic nitrogens is 2. The highest BCUT2D eigenvalue weighted by molar-refractivity contribution is 5.92. The summed E-state index contributed by atoms with van der Waals surface area (Å²) in [5.41, 5.74) is 3.06. The highest BCUT2D eigenvalue weighted by Crippen LogP contribution is 2.03. The van der Waals surface area contributed by atoms with Crippen molar-refractivity contribution >= 4 is 5.91 Å². The van der Waals surface area contributed by atoms with Crippen molar-refractivity contribution < 1.29 is 4.79 Å². The zero-order valence-electron chi connectivity index (χ0n) is 10.7. The number of carbonyl (C=O) groups excluding carboxylic acids is 1. The molecular weight excluding hydrogens is 226 g/mol. The number of nitrogens with zero attached hydrogens (tertiary/aromatic N) is 2. The lowest BCUT2D eigenvalue weighted by molar-refractivity contribution is 0.0945. The average molecular weight is 243 g/mol. The predicted molar refractivity (Wildman–Crippen MR) is 70.4 cm³/mol. The number of hydrogen-bond acceptors (Lipinski definition) is 2. The molecule has 1 aromatic carbocycles. The standard InChI is InChI=1S/C14H17N3O/c1-11-3-5-12(6-4-11)7-9-15-14(18)13-8-10-16-17(13)2/h3-6,8,10H,7,9H2,1-2H3,(H,15,18). The van der Waals surface area contributed by atoms with E-state index in [1.165, 1.54) is 11.1 Å². The van der Waals surface area contributed by atoms with Gasteiger partial charge in [0.15, 0.2) is 0 Å². The molecule has 2 rings (SSSR count). The summed E-state index contributed by atoms with van der Waals surface area (Å²) in [6.07, 6.45) is 2.46. The van der Waals surface area contributed by atoms with E-state index in [1.807, 2.05) is 0 Å². The molecule has 1 amide bonds. The van der Waals surface area contributed by atoms with Crippen LogP contribution in [-0.4, -0.2) is 22.2 Å². The maximum atomic E-state index is 11.8. The van der Waals surface area contributed by atoms with Gasteiger partial charge >= 0.3 is 0 Å². The van der Waals surface area contributed by atoms with E-state index in [2.05, 4.69) is 41.6 Å². The summed E-state index contributed by atoms with van der Waals surface area (Å²) in [6, 6.07) is 10.1. The van der Waals surface area contributed by atoms with Crippen molar-refractivity contribution in [3.05, 3.63) is 53.3 Å². The summed E-state index contributed by atoms with van der Waals surface area (Å²) >= 11 is 0. The van der Waals surface area contributed by atoms with Gasteiger partial charge in [-0.15, -0.1) is 0 Å². The van der Waals surface area contributed by atoms with Crippen LogP contribution in [0, 0.1) is 6.92 Å². The van der Waals surface area contributed by atoms with E-state index >= 15 is 0 Å². The molecule has 0 radical (unpaired) electrons. The molecule has 0 spiro atoms. The zero-order valence-corrected chi connectivity index (χ0v) is 10.7. The summed E-state index contributed by atoms with van der Waals surface area (Å²) in [5, 5.41) is 6.86. The molecule has 0 saturated heterocycles. The van der Waals surface area contributed by atoms with Crippen LogP contribution in [0.25, 0.3) is 0 Å². The Morgan fingerprint density at radius 1 is 1.28 bits per heavy atom. The molecule has 4 heteroatoms. The van der Waals surface area contributed by atoms with E-state index in [9.17, 15) is 4.79 Å². The molecule has 0 atom stereocenters. The lowest BCUT2D eigenvalue weighted by Crippen LogP contribution is -2.27. The summed E-state index contributed by atoms with van der Waals surface area (Å²) in [4.78, 5) is 11.8. The molecule has 1 heterocycles. The Morgan fingerprint density at radius 2 is 2.00 bits per heavy atom. The summed E-state index contributed by atoms with van der Waals surface area (Å²) < 4.78 is 1.57. The minimum atomic E-state index is -0.0814. The van der Waals surface area contributed by atoms with Crippen molar-refractivity contribution in [2.24, 2.45) is 7.05 Å². The van der Waals surface area contributed by atoms with Gasteiger partial charge in [0.25, 0.3) is 5.91 Å². The van der Waals surface area contributed by atoms with Crippen LogP contribution in [0.5, 0.6) is 0 Å². The van der Waals surface area contributed by atoms with Crippen molar-refractivity contribution in [3.8, 4) is 0 Å². The third-order valence-corrected chi connectivity index (χ3v) is 2.87. The number of rotatable bonds is 4. The second-order valence-corrected chi connectivity index (χ2v) is 4.33. The second-order valence-electron chi connectivity index (χ2n) is 4.33. The molecule has 4 nitrogen and oxygen atoms in total. The van der Waals surface area contributed by atoms with Crippen molar-refractivity contribution in [2.75, 3.05) is 6.54 Å². The van der Waals surface area contributed by atoms with E-state index in [1.54, 1.807) is 24.0 Å². The van der Waals surface area contributed by atoms with Crippen molar-refractivity contribution in [2.45, 2.75) is 13.3 Å². The highest BCUT2D eigenvalue weighted by atomic mass is 16.2. The van der Waals surface area contributed by atoms with Crippen LogP contribution in [0.15, 0.2) is 36.5 Å². The van der Waals surface area contributed by atoms with E-state index in [0.29, 0.717) is 12.2 Å². The zero-order chi connectivity index (χ0) is 13.0. The molecule has 0 unspecified atom stereocenters. The van der Waals surface area contributed by atoms with E-state index in [-0.39, 0.29) is 5.91 Å². The summed E-state index contributed by atoms with van der Waals surface area (Å²) in [7, 11) is 1.76. The topological polar surface area (TPSA) is 46.9 Å². The van der Waals surface area contributed by atoms with Crippen LogP contribution in [0.4, 0.5) is 0 Å². The Morgan fingerprint density at radius 3 is 2.61 bits per heavy atom. The SMILES string of the molecule is Cc1ccc(CCNC(=O)c2ccnn2C)cc1. The Bertz CT molecular complexity index is 528. The molecule has 2 aromatic rings. The number of hydrogen-bond donors (Lipinski definition) is 1. The summed E-state index contributed by atoms with van der Waals surface area (Å²) in [5.74, 6) is -0.0814. The highest BCUT2D eigenvalue weighted by Gasteiger charge is 2.08. The van der Waals surface area contributed by atoms with Crippen LogP contribution < -0.4 is 5.32 Å². The number of amides is 1. The number of aryl methyl sites for hydroxylation is 2.